The molecule has 3 nitrogen and oxygen atoms in total. The lowest BCUT2D eigenvalue weighted by atomic mass is 10.2. The van der Waals surface area contributed by atoms with Crippen LogP contribution in [0.4, 0.5) is 5.69 Å². The molecule has 0 aliphatic carbocycles. The minimum atomic E-state index is 0.276. The van der Waals surface area contributed by atoms with Crippen LogP contribution in [0.25, 0.3) is 0 Å². The van der Waals surface area contributed by atoms with Crippen LogP contribution in [0.5, 0.6) is 0 Å². The zero-order chi connectivity index (χ0) is 10.9. The highest BCUT2D eigenvalue weighted by Crippen LogP contribution is 2.07. The van der Waals surface area contributed by atoms with E-state index in [1.54, 1.807) is 0 Å². The van der Waals surface area contributed by atoms with Crippen LogP contribution in [-0.2, 0) is 11.3 Å². The molecule has 0 saturated carbocycles. The Kier molecular flexibility index (Phi) is 5.81. The Hall–Kier alpha value is -1.06. The molecule has 0 fully saturated rings. The summed E-state index contributed by atoms with van der Waals surface area (Å²) < 4.78 is 5.48. The van der Waals surface area contributed by atoms with E-state index in [9.17, 15) is 0 Å². The molecule has 0 aliphatic heterocycles. The topological polar surface area (TPSA) is 55.5 Å². The predicted octanol–water partition coefficient (Wildman–Crippen LogP) is 1.95. The van der Waals surface area contributed by atoms with Gasteiger partial charge in [-0.15, -0.1) is 0 Å². The number of benzene rings is 1. The zero-order valence-corrected chi connectivity index (χ0v) is 8.98. The molecule has 84 valence electrons. The Labute approximate surface area is 90.9 Å². The van der Waals surface area contributed by atoms with Gasteiger partial charge in [-0.1, -0.05) is 12.1 Å². The Morgan fingerprint density at radius 3 is 2.47 bits per heavy atom. The summed E-state index contributed by atoms with van der Waals surface area (Å²) >= 11 is 0. The lowest BCUT2D eigenvalue weighted by Gasteiger charge is -2.04. The third-order valence-electron chi connectivity index (χ3n) is 2.20. The number of ether oxygens (including phenoxy) is 1. The first kappa shape index (κ1) is 12.0. The van der Waals surface area contributed by atoms with Crippen molar-refractivity contribution in [3.8, 4) is 0 Å². The number of anilines is 1. The van der Waals surface area contributed by atoms with Crippen LogP contribution in [-0.4, -0.2) is 18.3 Å². The molecule has 0 radical (unpaired) electrons. The van der Waals surface area contributed by atoms with E-state index in [1.165, 1.54) is 0 Å². The summed E-state index contributed by atoms with van der Waals surface area (Å²) in [6.45, 7) is 1.67. The summed E-state index contributed by atoms with van der Waals surface area (Å²) in [6.07, 6.45) is 2.90. The standard InChI is InChI=1S/C12H19NO2/c13-12-6-4-11(5-7-12)10-15-9-3-1-2-8-14/h4-7,14H,1-3,8-10,13H2. The van der Waals surface area contributed by atoms with Gasteiger partial charge in [-0.3, -0.25) is 0 Å². The van der Waals surface area contributed by atoms with Crippen molar-refractivity contribution in [3.05, 3.63) is 29.8 Å². The molecule has 1 aromatic rings. The Morgan fingerprint density at radius 1 is 1.07 bits per heavy atom. The molecule has 1 rings (SSSR count). The van der Waals surface area contributed by atoms with Crippen molar-refractivity contribution in [2.75, 3.05) is 18.9 Å². The fraction of sp³-hybridized carbons (Fsp3) is 0.500. The average Bonchev–Trinajstić information content (AvgIpc) is 2.26. The van der Waals surface area contributed by atoms with E-state index in [2.05, 4.69) is 0 Å². The van der Waals surface area contributed by atoms with Gasteiger partial charge in [0, 0.05) is 18.9 Å². The van der Waals surface area contributed by atoms with Crippen LogP contribution < -0.4 is 5.73 Å². The minimum absolute atomic E-state index is 0.276. The van der Waals surface area contributed by atoms with E-state index in [0.29, 0.717) is 6.61 Å². The maximum Gasteiger partial charge on any atom is 0.0716 e. The summed E-state index contributed by atoms with van der Waals surface area (Å²) in [5.74, 6) is 0. The van der Waals surface area contributed by atoms with Crippen LogP contribution in [0.3, 0.4) is 0 Å². The van der Waals surface area contributed by atoms with Gasteiger partial charge in [-0.2, -0.15) is 0 Å². The highest BCUT2D eigenvalue weighted by molar-refractivity contribution is 5.39. The summed E-state index contributed by atoms with van der Waals surface area (Å²) in [7, 11) is 0. The highest BCUT2D eigenvalue weighted by Gasteiger charge is 1.93. The highest BCUT2D eigenvalue weighted by atomic mass is 16.5. The molecule has 3 N–H and O–H groups in total. The molecular weight excluding hydrogens is 190 g/mol. The van der Waals surface area contributed by atoms with Gasteiger partial charge in [0.15, 0.2) is 0 Å². The lowest BCUT2D eigenvalue weighted by Crippen LogP contribution is -1.96. The van der Waals surface area contributed by atoms with Crippen LogP contribution in [0.2, 0.25) is 0 Å². The van der Waals surface area contributed by atoms with Gasteiger partial charge in [0.1, 0.15) is 0 Å². The molecule has 0 saturated heterocycles. The van der Waals surface area contributed by atoms with Crippen molar-refractivity contribution in [2.45, 2.75) is 25.9 Å². The molecule has 0 heterocycles. The maximum atomic E-state index is 8.57. The quantitative estimate of drug-likeness (QED) is 0.533. The molecule has 0 bridgehead atoms. The van der Waals surface area contributed by atoms with E-state index in [4.69, 9.17) is 15.6 Å². The van der Waals surface area contributed by atoms with E-state index in [-0.39, 0.29) is 6.61 Å². The molecule has 3 heteroatoms. The SMILES string of the molecule is Nc1ccc(COCCCCCO)cc1. The number of unbranched alkanes of at least 4 members (excludes halogenated alkanes) is 2. The van der Waals surface area contributed by atoms with E-state index < -0.39 is 0 Å². The molecule has 0 spiro atoms. The Balaban J connectivity index is 2.07. The molecule has 0 aromatic heterocycles. The molecule has 0 aliphatic rings. The van der Waals surface area contributed by atoms with Gasteiger partial charge in [-0.25, -0.2) is 0 Å². The Morgan fingerprint density at radius 2 is 1.80 bits per heavy atom. The number of hydrogen-bond donors (Lipinski definition) is 2. The summed E-state index contributed by atoms with van der Waals surface area (Å²) in [6, 6.07) is 7.71. The van der Waals surface area contributed by atoms with E-state index >= 15 is 0 Å². The number of aliphatic hydroxyl groups excluding tert-OH is 1. The second kappa shape index (κ2) is 7.26. The number of rotatable bonds is 7. The van der Waals surface area contributed by atoms with Crippen molar-refractivity contribution >= 4 is 5.69 Å². The van der Waals surface area contributed by atoms with Gasteiger partial charge in [-0.05, 0) is 37.0 Å². The molecule has 15 heavy (non-hydrogen) atoms. The van der Waals surface area contributed by atoms with E-state index in [1.807, 2.05) is 24.3 Å². The molecular formula is C12H19NO2. The third kappa shape index (κ3) is 5.40. The number of nitrogen functional groups attached to an aromatic ring is 1. The van der Waals surface area contributed by atoms with Crippen LogP contribution in [0, 0.1) is 0 Å². The number of hydrogen-bond acceptors (Lipinski definition) is 3. The van der Waals surface area contributed by atoms with Gasteiger partial charge in [0.25, 0.3) is 0 Å². The fourth-order valence-corrected chi connectivity index (χ4v) is 1.30. The summed E-state index contributed by atoms with van der Waals surface area (Å²) in [5.41, 5.74) is 7.50. The van der Waals surface area contributed by atoms with Gasteiger partial charge < -0.3 is 15.6 Å². The molecule has 0 unspecified atom stereocenters. The number of nitrogens with two attached hydrogens (primary N) is 1. The fourth-order valence-electron chi connectivity index (χ4n) is 1.30. The zero-order valence-electron chi connectivity index (χ0n) is 8.98. The molecule has 0 amide bonds. The van der Waals surface area contributed by atoms with Crippen molar-refractivity contribution < 1.29 is 9.84 Å². The average molecular weight is 209 g/mol. The van der Waals surface area contributed by atoms with Crippen molar-refractivity contribution in [1.82, 2.24) is 0 Å². The van der Waals surface area contributed by atoms with Crippen LogP contribution >= 0.6 is 0 Å². The Bertz CT molecular complexity index is 259. The minimum Gasteiger partial charge on any atom is -0.399 e. The van der Waals surface area contributed by atoms with Gasteiger partial charge in [0.05, 0.1) is 6.61 Å². The predicted molar refractivity (Wildman–Crippen MR) is 61.4 cm³/mol. The maximum absolute atomic E-state index is 8.57. The monoisotopic (exact) mass is 209 g/mol. The van der Waals surface area contributed by atoms with Gasteiger partial charge in [0.2, 0.25) is 0 Å². The van der Waals surface area contributed by atoms with Crippen molar-refractivity contribution in [3.63, 3.8) is 0 Å². The van der Waals surface area contributed by atoms with Crippen LogP contribution in [0.15, 0.2) is 24.3 Å². The molecule has 0 atom stereocenters. The number of aliphatic hydroxyl groups is 1. The first-order valence-electron chi connectivity index (χ1n) is 5.36. The largest absolute Gasteiger partial charge is 0.399 e. The van der Waals surface area contributed by atoms with Crippen molar-refractivity contribution in [1.29, 1.82) is 0 Å². The first-order valence-corrected chi connectivity index (χ1v) is 5.36. The normalized spacial score (nSPS) is 10.5. The second-order valence-electron chi connectivity index (χ2n) is 3.58. The first-order chi connectivity index (χ1) is 7.33. The molecule has 1 aromatic carbocycles. The van der Waals surface area contributed by atoms with E-state index in [0.717, 1.165) is 37.1 Å². The smallest absolute Gasteiger partial charge is 0.0716 e. The summed E-state index contributed by atoms with van der Waals surface area (Å²) in [5, 5.41) is 8.57. The lowest BCUT2D eigenvalue weighted by molar-refractivity contribution is 0.115. The van der Waals surface area contributed by atoms with Gasteiger partial charge >= 0.3 is 0 Å². The summed E-state index contributed by atoms with van der Waals surface area (Å²) in [4.78, 5) is 0. The van der Waals surface area contributed by atoms with Crippen LogP contribution in [0.1, 0.15) is 24.8 Å². The van der Waals surface area contributed by atoms with Crippen molar-refractivity contribution in [2.24, 2.45) is 0 Å². The second-order valence-corrected chi connectivity index (χ2v) is 3.58. The third-order valence-corrected chi connectivity index (χ3v) is 2.20.